The minimum atomic E-state index is -3.55. The van der Waals surface area contributed by atoms with E-state index in [2.05, 4.69) is 5.32 Å². The number of sulfonamides is 1. The van der Waals surface area contributed by atoms with Crippen molar-refractivity contribution in [1.29, 1.82) is 10.5 Å². The second-order valence-electron chi connectivity index (χ2n) is 7.37. The third-order valence-corrected chi connectivity index (χ3v) is 6.79. The Kier molecular flexibility index (Phi) is 7.54. The summed E-state index contributed by atoms with van der Waals surface area (Å²) in [4.78, 5) is 12.6. The van der Waals surface area contributed by atoms with Crippen LogP contribution in [-0.2, 0) is 21.2 Å². The molecule has 0 unspecified atom stereocenters. The molecule has 3 aromatic carbocycles. The van der Waals surface area contributed by atoms with Gasteiger partial charge in [-0.15, -0.1) is 0 Å². The van der Waals surface area contributed by atoms with Crippen LogP contribution < -0.4 is 10.1 Å². The highest BCUT2D eigenvalue weighted by Crippen LogP contribution is 2.31. The number of carbonyl (C=O) groups excluding carboxylic acids is 1. The third-order valence-electron chi connectivity index (χ3n) is 4.67. The van der Waals surface area contributed by atoms with Gasteiger partial charge in [0.05, 0.1) is 39.6 Å². The fraction of sp³-hybridized carbons (Fsp3) is 0.125. The van der Waals surface area contributed by atoms with Crippen molar-refractivity contribution < 1.29 is 17.9 Å². The Balaban J connectivity index is 1.67. The number of nitrogens with one attached hydrogen (secondary N) is 1. The van der Waals surface area contributed by atoms with Crippen molar-refractivity contribution >= 4 is 33.2 Å². The lowest BCUT2D eigenvalue weighted by atomic mass is 10.1. The maximum atomic E-state index is 12.4. The Morgan fingerprint density at radius 2 is 1.62 bits per heavy atom. The van der Waals surface area contributed by atoms with Crippen LogP contribution in [0, 0.1) is 22.7 Å². The average molecular weight is 495 g/mol. The van der Waals surface area contributed by atoms with Crippen LogP contribution in [-0.4, -0.2) is 32.7 Å². The van der Waals surface area contributed by atoms with Crippen molar-refractivity contribution in [3.05, 3.63) is 82.4 Å². The molecular formula is C24H19ClN4O4S. The number of nitrogens with zero attached hydrogens (tertiary/aromatic N) is 3. The standard InChI is InChI=1S/C24H19ClN4O4S/c1-29(2)34(31,32)21-6-4-19(5-7-21)28-24(30)13-16-3-8-23(22(25)12-16)33-20-10-17(14-26)9-18(11-20)15-27/h3-12H,13H2,1-2H3,(H,28,30). The summed E-state index contributed by atoms with van der Waals surface area (Å²) < 4.78 is 31.1. The molecule has 0 aliphatic heterocycles. The molecule has 0 atom stereocenters. The van der Waals surface area contributed by atoms with E-state index in [9.17, 15) is 13.2 Å². The topological polar surface area (TPSA) is 123 Å². The van der Waals surface area contributed by atoms with Crippen molar-refractivity contribution in [2.75, 3.05) is 19.4 Å². The maximum absolute atomic E-state index is 12.4. The lowest BCUT2D eigenvalue weighted by Crippen LogP contribution is -2.22. The highest BCUT2D eigenvalue weighted by Gasteiger charge is 2.17. The van der Waals surface area contributed by atoms with Gasteiger partial charge in [0.1, 0.15) is 11.5 Å². The van der Waals surface area contributed by atoms with Gasteiger partial charge < -0.3 is 10.1 Å². The number of hydrogen-bond acceptors (Lipinski definition) is 6. The molecule has 0 aromatic heterocycles. The first-order valence-electron chi connectivity index (χ1n) is 9.86. The van der Waals surface area contributed by atoms with E-state index < -0.39 is 10.0 Å². The van der Waals surface area contributed by atoms with E-state index in [-0.39, 0.29) is 33.4 Å². The number of carbonyl (C=O) groups is 1. The van der Waals surface area contributed by atoms with Crippen molar-refractivity contribution in [3.63, 3.8) is 0 Å². The fourth-order valence-corrected chi connectivity index (χ4v) is 4.11. The third kappa shape index (κ3) is 5.91. The molecule has 0 saturated carbocycles. The summed E-state index contributed by atoms with van der Waals surface area (Å²) in [6.07, 6.45) is 0.0280. The normalized spacial score (nSPS) is 10.9. The SMILES string of the molecule is CN(C)S(=O)(=O)c1ccc(NC(=O)Cc2ccc(Oc3cc(C#N)cc(C#N)c3)c(Cl)c2)cc1. The summed E-state index contributed by atoms with van der Waals surface area (Å²) in [6.45, 7) is 0. The second-order valence-corrected chi connectivity index (χ2v) is 9.93. The Morgan fingerprint density at radius 3 is 2.15 bits per heavy atom. The van der Waals surface area contributed by atoms with Crippen LogP contribution in [0.1, 0.15) is 16.7 Å². The lowest BCUT2D eigenvalue weighted by Gasteiger charge is -2.12. The minimum absolute atomic E-state index is 0.0280. The molecule has 0 spiro atoms. The molecule has 0 radical (unpaired) electrons. The molecule has 0 heterocycles. The Morgan fingerprint density at radius 1 is 1.00 bits per heavy atom. The van der Waals surface area contributed by atoms with Gasteiger partial charge in [0.15, 0.2) is 0 Å². The van der Waals surface area contributed by atoms with Crippen molar-refractivity contribution in [2.24, 2.45) is 0 Å². The van der Waals surface area contributed by atoms with E-state index in [4.69, 9.17) is 26.9 Å². The molecule has 10 heteroatoms. The Labute approximate surface area is 202 Å². The number of hydrogen-bond donors (Lipinski definition) is 1. The van der Waals surface area contributed by atoms with Crippen LogP contribution in [0.3, 0.4) is 0 Å². The molecule has 0 aliphatic carbocycles. The number of ether oxygens (including phenoxy) is 1. The maximum Gasteiger partial charge on any atom is 0.242 e. The largest absolute Gasteiger partial charge is 0.456 e. The highest BCUT2D eigenvalue weighted by atomic mass is 35.5. The molecule has 1 amide bonds. The zero-order valence-electron chi connectivity index (χ0n) is 18.2. The van der Waals surface area contributed by atoms with Gasteiger partial charge in [-0.2, -0.15) is 10.5 Å². The van der Waals surface area contributed by atoms with E-state index in [1.165, 1.54) is 56.6 Å². The predicted octanol–water partition coefficient (Wildman–Crippen LogP) is 4.31. The summed E-state index contributed by atoms with van der Waals surface area (Å²) in [5.41, 5.74) is 1.65. The number of rotatable bonds is 7. The van der Waals surface area contributed by atoms with E-state index in [1.54, 1.807) is 18.2 Å². The summed E-state index contributed by atoms with van der Waals surface area (Å²) in [6, 6.07) is 19.1. The number of benzene rings is 3. The first-order chi connectivity index (χ1) is 16.1. The Bertz CT molecular complexity index is 1390. The van der Waals surface area contributed by atoms with Crippen LogP contribution >= 0.6 is 11.6 Å². The molecule has 34 heavy (non-hydrogen) atoms. The van der Waals surface area contributed by atoms with Crippen LogP contribution in [0.2, 0.25) is 5.02 Å². The zero-order valence-corrected chi connectivity index (χ0v) is 19.8. The van der Waals surface area contributed by atoms with E-state index >= 15 is 0 Å². The lowest BCUT2D eigenvalue weighted by molar-refractivity contribution is -0.115. The average Bonchev–Trinajstić information content (AvgIpc) is 2.80. The van der Waals surface area contributed by atoms with E-state index in [0.717, 1.165) is 4.31 Å². The van der Waals surface area contributed by atoms with Crippen LogP contribution in [0.4, 0.5) is 5.69 Å². The molecule has 0 fully saturated rings. The molecule has 0 bridgehead atoms. The van der Waals surface area contributed by atoms with Gasteiger partial charge >= 0.3 is 0 Å². The summed E-state index contributed by atoms with van der Waals surface area (Å²) >= 11 is 6.31. The molecule has 8 nitrogen and oxygen atoms in total. The Hall–Kier alpha value is -3.89. The van der Waals surface area contributed by atoms with Crippen LogP contribution in [0.25, 0.3) is 0 Å². The molecule has 1 N–H and O–H groups in total. The van der Waals surface area contributed by atoms with Crippen LogP contribution in [0.5, 0.6) is 11.5 Å². The quantitative estimate of drug-likeness (QED) is 0.522. The van der Waals surface area contributed by atoms with Gasteiger partial charge in [-0.25, -0.2) is 12.7 Å². The van der Waals surface area contributed by atoms with Crippen molar-refractivity contribution in [3.8, 4) is 23.6 Å². The van der Waals surface area contributed by atoms with Gasteiger partial charge in [0.25, 0.3) is 0 Å². The van der Waals surface area contributed by atoms with Crippen molar-refractivity contribution in [1.82, 2.24) is 4.31 Å². The van der Waals surface area contributed by atoms with Gasteiger partial charge in [0.2, 0.25) is 15.9 Å². The van der Waals surface area contributed by atoms with Gasteiger partial charge in [-0.3, -0.25) is 4.79 Å². The monoisotopic (exact) mass is 494 g/mol. The van der Waals surface area contributed by atoms with Crippen molar-refractivity contribution in [2.45, 2.75) is 11.3 Å². The van der Waals surface area contributed by atoms with E-state index in [1.807, 2.05) is 12.1 Å². The number of anilines is 1. The van der Waals surface area contributed by atoms with Gasteiger partial charge in [-0.1, -0.05) is 17.7 Å². The number of halogens is 1. The molecule has 3 aromatic rings. The van der Waals surface area contributed by atoms with E-state index in [0.29, 0.717) is 22.7 Å². The molecule has 0 saturated heterocycles. The smallest absolute Gasteiger partial charge is 0.242 e. The number of amides is 1. The van der Waals surface area contributed by atoms with Gasteiger partial charge in [0, 0.05) is 19.8 Å². The second kappa shape index (κ2) is 10.4. The summed E-state index contributed by atoms with van der Waals surface area (Å²) in [5, 5.41) is 21.2. The van der Waals surface area contributed by atoms with Crippen LogP contribution in [0.15, 0.2) is 65.6 Å². The molecule has 3 rings (SSSR count). The molecule has 0 aliphatic rings. The zero-order chi connectivity index (χ0) is 24.9. The highest BCUT2D eigenvalue weighted by molar-refractivity contribution is 7.89. The summed E-state index contributed by atoms with van der Waals surface area (Å²) in [5.74, 6) is 0.290. The summed E-state index contributed by atoms with van der Waals surface area (Å²) in [7, 11) is -0.660. The first-order valence-corrected chi connectivity index (χ1v) is 11.7. The predicted molar refractivity (Wildman–Crippen MR) is 127 cm³/mol. The minimum Gasteiger partial charge on any atom is -0.456 e. The molecule has 172 valence electrons. The number of nitriles is 2. The first kappa shape index (κ1) is 24.7. The molecular weight excluding hydrogens is 476 g/mol. The fourth-order valence-electron chi connectivity index (χ4n) is 2.96. The van der Waals surface area contributed by atoms with Gasteiger partial charge in [-0.05, 0) is 60.2 Å².